The molecule has 2 aliphatic heterocycles. The topological polar surface area (TPSA) is 73.3 Å². The molecule has 0 aromatic carbocycles. The highest BCUT2D eigenvalue weighted by Crippen LogP contribution is 2.30. The molecule has 0 aromatic rings. The molecule has 2 saturated heterocycles. The average molecular weight is 159 g/mol. The lowest BCUT2D eigenvalue weighted by atomic mass is 10.1. The van der Waals surface area contributed by atoms with Crippen LogP contribution in [0.3, 0.4) is 0 Å². The monoisotopic (exact) mass is 159 g/mol. The molecule has 3 atom stereocenters. The van der Waals surface area contributed by atoms with Gasteiger partial charge in [-0.25, -0.2) is 4.79 Å². The molecule has 5 nitrogen and oxygen atoms in total. The van der Waals surface area contributed by atoms with Gasteiger partial charge in [0.2, 0.25) is 0 Å². The number of epoxide rings is 1. The summed E-state index contributed by atoms with van der Waals surface area (Å²) in [5.74, 6) is 0. The predicted octanol–water partition coefficient (Wildman–Crippen LogP) is -0.892. The number of piperidine rings is 1. The number of aliphatic hydroxyl groups excluding tert-OH is 1. The van der Waals surface area contributed by atoms with Gasteiger partial charge in [0, 0.05) is 0 Å². The number of likely N-dealkylation sites (tertiary alicyclic amines) is 1. The highest BCUT2D eigenvalue weighted by Gasteiger charge is 2.50. The molecule has 0 aromatic heterocycles. The lowest BCUT2D eigenvalue weighted by Gasteiger charge is -2.24. The van der Waals surface area contributed by atoms with Crippen molar-refractivity contribution in [2.24, 2.45) is 0 Å². The number of nitrogens with zero attached hydrogens (tertiary/aromatic N) is 1. The van der Waals surface area contributed by atoms with Gasteiger partial charge in [0.1, 0.15) is 18.3 Å². The second-order valence-electron chi connectivity index (χ2n) is 2.89. The van der Waals surface area contributed by atoms with E-state index in [1.807, 2.05) is 0 Å². The fourth-order valence-electron chi connectivity index (χ4n) is 1.42. The fourth-order valence-corrected chi connectivity index (χ4v) is 1.42. The summed E-state index contributed by atoms with van der Waals surface area (Å²) in [4.78, 5) is 11.6. The summed E-state index contributed by atoms with van der Waals surface area (Å²) in [6.45, 7) is 0.577. The molecule has 0 radical (unpaired) electrons. The maximum atomic E-state index is 10.4. The SMILES string of the molecule is O=C(O)N1C[C@@H](O)[C@H]2O[C@H]2C1. The minimum absolute atomic E-state index is 0.0603. The lowest BCUT2D eigenvalue weighted by Crippen LogP contribution is -2.45. The summed E-state index contributed by atoms with van der Waals surface area (Å²) >= 11 is 0. The Balaban J connectivity index is 2.00. The Morgan fingerprint density at radius 3 is 2.82 bits per heavy atom. The Labute approximate surface area is 63.2 Å². The Kier molecular flexibility index (Phi) is 1.30. The van der Waals surface area contributed by atoms with Crippen molar-refractivity contribution < 1.29 is 19.7 Å². The van der Waals surface area contributed by atoms with Crippen molar-refractivity contribution in [1.82, 2.24) is 4.90 Å². The molecule has 0 bridgehead atoms. The van der Waals surface area contributed by atoms with Gasteiger partial charge in [-0.05, 0) is 0 Å². The number of carbonyl (C=O) groups is 1. The third-order valence-electron chi connectivity index (χ3n) is 2.08. The zero-order valence-electron chi connectivity index (χ0n) is 5.80. The van der Waals surface area contributed by atoms with Crippen LogP contribution in [0, 0.1) is 0 Å². The summed E-state index contributed by atoms with van der Waals surface area (Å²) in [7, 11) is 0. The van der Waals surface area contributed by atoms with Crippen LogP contribution < -0.4 is 0 Å². The van der Waals surface area contributed by atoms with Crippen molar-refractivity contribution >= 4 is 6.09 Å². The van der Waals surface area contributed by atoms with Crippen molar-refractivity contribution in [3.05, 3.63) is 0 Å². The minimum atomic E-state index is -0.988. The van der Waals surface area contributed by atoms with Crippen molar-refractivity contribution in [3.8, 4) is 0 Å². The van der Waals surface area contributed by atoms with Crippen LogP contribution >= 0.6 is 0 Å². The summed E-state index contributed by atoms with van der Waals surface area (Å²) < 4.78 is 5.02. The third kappa shape index (κ3) is 1.06. The highest BCUT2D eigenvalue weighted by molar-refractivity contribution is 5.65. The fraction of sp³-hybridized carbons (Fsp3) is 0.833. The van der Waals surface area contributed by atoms with Crippen LogP contribution in [0.2, 0.25) is 0 Å². The van der Waals surface area contributed by atoms with E-state index in [-0.39, 0.29) is 18.8 Å². The van der Waals surface area contributed by atoms with E-state index in [0.29, 0.717) is 6.54 Å². The molecule has 0 unspecified atom stereocenters. The number of rotatable bonds is 0. The van der Waals surface area contributed by atoms with Gasteiger partial charge in [-0.2, -0.15) is 0 Å². The normalized spacial score (nSPS) is 41.5. The zero-order chi connectivity index (χ0) is 8.01. The molecule has 2 fully saturated rings. The molecule has 5 heteroatoms. The number of hydrogen-bond donors (Lipinski definition) is 2. The van der Waals surface area contributed by atoms with Crippen LogP contribution in [0.5, 0.6) is 0 Å². The Bertz CT molecular complexity index is 195. The average Bonchev–Trinajstić information content (AvgIpc) is 2.66. The lowest BCUT2D eigenvalue weighted by molar-refractivity contribution is 0.0763. The Hall–Kier alpha value is -0.810. The molecule has 1 amide bonds. The van der Waals surface area contributed by atoms with Gasteiger partial charge >= 0.3 is 6.09 Å². The van der Waals surface area contributed by atoms with E-state index in [0.717, 1.165) is 0 Å². The Morgan fingerprint density at radius 2 is 2.27 bits per heavy atom. The summed E-state index contributed by atoms with van der Waals surface area (Å²) in [5, 5.41) is 17.8. The van der Waals surface area contributed by atoms with E-state index in [2.05, 4.69) is 0 Å². The van der Waals surface area contributed by atoms with E-state index in [4.69, 9.17) is 9.84 Å². The summed E-state index contributed by atoms with van der Waals surface area (Å²) in [5.41, 5.74) is 0. The molecule has 0 saturated carbocycles. The molecule has 2 N–H and O–H groups in total. The largest absolute Gasteiger partial charge is 0.465 e. The molecule has 11 heavy (non-hydrogen) atoms. The van der Waals surface area contributed by atoms with Gasteiger partial charge in [0.15, 0.2) is 0 Å². The summed E-state index contributed by atoms with van der Waals surface area (Å²) in [6, 6.07) is 0. The molecule has 2 aliphatic rings. The first kappa shape index (κ1) is 6.87. The van der Waals surface area contributed by atoms with Crippen molar-refractivity contribution in [1.29, 1.82) is 0 Å². The van der Waals surface area contributed by atoms with Crippen LogP contribution in [-0.4, -0.2) is 52.6 Å². The van der Waals surface area contributed by atoms with E-state index in [9.17, 15) is 9.90 Å². The molecular weight excluding hydrogens is 150 g/mol. The van der Waals surface area contributed by atoms with E-state index in [1.54, 1.807) is 0 Å². The van der Waals surface area contributed by atoms with Crippen molar-refractivity contribution in [3.63, 3.8) is 0 Å². The molecule has 0 aliphatic carbocycles. The Morgan fingerprint density at radius 1 is 1.55 bits per heavy atom. The smallest absolute Gasteiger partial charge is 0.407 e. The van der Waals surface area contributed by atoms with Crippen LogP contribution in [0.1, 0.15) is 0 Å². The van der Waals surface area contributed by atoms with E-state index in [1.165, 1.54) is 4.90 Å². The number of β-amino-alcohol motifs (C(OH)–C–C–N with tert-alkyl or cyclic N) is 1. The first-order chi connectivity index (χ1) is 5.18. The predicted molar refractivity (Wildman–Crippen MR) is 34.3 cm³/mol. The van der Waals surface area contributed by atoms with Gasteiger partial charge in [0.05, 0.1) is 13.1 Å². The zero-order valence-corrected chi connectivity index (χ0v) is 5.80. The number of hydrogen-bond acceptors (Lipinski definition) is 3. The maximum Gasteiger partial charge on any atom is 0.407 e. The first-order valence-corrected chi connectivity index (χ1v) is 3.50. The summed E-state index contributed by atoms with van der Waals surface area (Å²) in [6.07, 6.45) is -1.79. The second kappa shape index (κ2) is 2.09. The molecular formula is C6H9NO4. The van der Waals surface area contributed by atoms with Gasteiger partial charge in [0.25, 0.3) is 0 Å². The maximum absolute atomic E-state index is 10.4. The molecule has 2 rings (SSSR count). The van der Waals surface area contributed by atoms with Crippen LogP contribution in [0.4, 0.5) is 4.79 Å². The van der Waals surface area contributed by atoms with Gasteiger partial charge in [-0.3, -0.25) is 0 Å². The van der Waals surface area contributed by atoms with Crippen molar-refractivity contribution in [2.45, 2.75) is 18.3 Å². The number of carboxylic acid groups (broad SMARTS) is 1. The molecule has 62 valence electrons. The number of ether oxygens (including phenoxy) is 1. The van der Waals surface area contributed by atoms with E-state index >= 15 is 0 Å². The number of aliphatic hydroxyl groups is 1. The minimum Gasteiger partial charge on any atom is -0.465 e. The van der Waals surface area contributed by atoms with Crippen molar-refractivity contribution in [2.75, 3.05) is 13.1 Å². The van der Waals surface area contributed by atoms with Crippen LogP contribution in [0.25, 0.3) is 0 Å². The molecule has 0 spiro atoms. The third-order valence-corrected chi connectivity index (χ3v) is 2.08. The van der Waals surface area contributed by atoms with Crippen LogP contribution in [0.15, 0.2) is 0 Å². The van der Waals surface area contributed by atoms with E-state index < -0.39 is 12.2 Å². The standard InChI is InChI=1S/C6H9NO4/c8-3-1-7(6(9)10)2-4-5(3)11-4/h3-5,8H,1-2H2,(H,9,10)/t3-,4+,5-/m1/s1. The first-order valence-electron chi connectivity index (χ1n) is 3.50. The van der Waals surface area contributed by atoms with Gasteiger partial charge in [-0.1, -0.05) is 0 Å². The van der Waals surface area contributed by atoms with Gasteiger partial charge < -0.3 is 19.8 Å². The van der Waals surface area contributed by atoms with Crippen LogP contribution in [-0.2, 0) is 4.74 Å². The number of fused-ring (bicyclic) bond motifs is 1. The quantitative estimate of drug-likeness (QED) is 0.449. The number of amides is 1. The highest BCUT2D eigenvalue weighted by atomic mass is 16.6. The second-order valence-corrected chi connectivity index (χ2v) is 2.89. The molecule has 2 heterocycles. The van der Waals surface area contributed by atoms with Gasteiger partial charge in [-0.15, -0.1) is 0 Å².